The lowest BCUT2D eigenvalue weighted by atomic mass is 10.0. The number of furan rings is 1. The predicted octanol–water partition coefficient (Wildman–Crippen LogP) is 6.23. The number of hydrogen-bond acceptors (Lipinski definition) is 7. The van der Waals surface area contributed by atoms with Gasteiger partial charge in [-0.3, -0.25) is 4.79 Å². The molecule has 3 aromatic carbocycles. The second kappa shape index (κ2) is 11.9. The van der Waals surface area contributed by atoms with Crippen LogP contribution in [-0.4, -0.2) is 33.7 Å². The number of halogens is 2. The molecule has 5 aromatic rings. The molecule has 0 radical (unpaired) electrons. The fourth-order valence-corrected chi connectivity index (χ4v) is 5.25. The molecule has 0 fully saturated rings. The van der Waals surface area contributed by atoms with E-state index in [1.165, 1.54) is 16.9 Å². The number of benzene rings is 3. The summed E-state index contributed by atoms with van der Waals surface area (Å²) in [6.07, 6.45) is 3.06. The molecule has 8 nitrogen and oxygen atoms in total. The summed E-state index contributed by atoms with van der Waals surface area (Å²) in [6, 6.07) is 13.2. The van der Waals surface area contributed by atoms with Crippen LogP contribution in [0.5, 0.6) is 17.2 Å². The fourth-order valence-electron chi connectivity index (χ4n) is 4.79. The number of hydrogen-bond donors (Lipinski definition) is 2. The summed E-state index contributed by atoms with van der Waals surface area (Å²) in [5.74, 6) is -0.540. The van der Waals surface area contributed by atoms with Gasteiger partial charge in [0.15, 0.2) is 11.6 Å². The minimum atomic E-state index is -1.39. The highest BCUT2D eigenvalue weighted by Gasteiger charge is 2.21. The molecule has 0 spiro atoms. The minimum Gasteiger partial charge on any atom is -0.593 e. The SMILES string of the molecule is Cc1cc(-c2cc3c(=O)n(C)cc(-c4cc(N[S+](C)[O-])ccc4Oc4ccc(F)cc4F)c3o2)cc(C)c1OCCO. The Labute approximate surface area is 243 Å². The van der Waals surface area contributed by atoms with Gasteiger partial charge in [-0.15, -0.1) is 0 Å². The number of pyridine rings is 1. The van der Waals surface area contributed by atoms with Crippen LogP contribution >= 0.6 is 0 Å². The lowest BCUT2D eigenvalue weighted by Crippen LogP contribution is -2.15. The normalized spacial score (nSPS) is 12.0. The highest BCUT2D eigenvalue weighted by molar-refractivity contribution is 7.92. The lowest BCUT2D eigenvalue weighted by Gasteiger charge is -2.15. The van der Waals surface area contributed by atoms with E-state index in [1.54, 1.807) is 37.5 Å². The minimum absolute atomic E-state index is 0.110. The number of ether oxygens (including phenoxy) is 2. The Balaban J connectivity index is 1.69. The Morgan fingerprint density at radius 3 is 2.40 bits per heavy atom. The maximum absolute atomic E-state index is 14.5. The van der Waals surface area contributed by atoms with E-state index in [-0.39, 0.29) is 35.9 Å². The average molecular weight is 595 g/mol. The number of anilines is 1. The lowest BCUT2D eigenvalue weighted by molar-refractivity contribution is 0.200. The van der Waals surface area contributed by atoms with E-state index in [0.717, 1.165) is 23.3 Å². The van der Waals surface area contributed by atoms with Crippen molar-refractivity contribution in [2.75, 3.05) is 24.2 Å². The van der Waals surface area contributed by atoms with Crippen molar-refractivity contribution < 1.29 is 32.3 Å². The third kappa shape index (κ3) is 5.85. The van der Waals surface area contributed by atoms with E-state index in [1.807, 2.05) is 26.0 Å². The molecule has 0 aliphatic carbocycles. The molecule has 1 unspecified atom stereocenters. The Bertz CT molecular complexity index is 1830. The van der Waals surface area contributed by atoms with Crippen molar-refractivity contribution in [3.05, 3.63) is 93.9 Å². The first-order chi connectivity index (χ1) is 20.0. The topological polar surface area (TPSA) is 109 Å². The number of fused-ring (bicyclic) bond motifs is 1. The smallest absolute Gasteiger partial charge is 0.261 e. The maximum Gasteiger partial charge on any atom is 0.261 e. The van der Waals surface area contributed by atoms with Crippen LogP contribution in [0.25, 0.3) is 33.4 Å². The zero-order valence-electron chi connectivity index (χ0n) is 23.3. The number of aromatic nitrogens is 1. The van der Waals surface area contributed by atoms with Gasteiger partial charge in [0.1, 0.15) is 41.5 Å². The quantitative estimate of drug-likeness (QED) is 0.195. The van der Waals surface area contributed by atoms with Gasteiger partial charge in [0.25, 0.3) is 5.56 Å². The van der Waals surface area contributed by atoms with Gasteiger partial charge in [0.2, 0.25) is 0 Å². The highest BCUT2D eigenvalue weighted by atomic mass is 32.2. The first-order valence-electron chi connectivity index (χ1n) is 12.9. The van der Waals surface area contributed by atoms with Gasteiger partial charge in [-0.2, -0.15) is 0 Å². The molecule has 2 heterocycles. The van der Waals surface area contributed by atoms with Crippen LogP contribution in [0.4, 0.5) is 14.5 Å². The summed E-state index contributed by atoms with van der Waals surface area (Å²) in [5, 5.41) is 9.45. The Kier molecular flexibility index (Phi) is 8.26. The highest BCUT2D eigenvalue weighted by Crippen LogP contribution is 2.41. The van der Waals surface area contributed by atoms with Crippen molar-refractivity contribution in [2.24, 2.45) is 7.05 Å². The van der Waals surface area contributed by atoms with Gasteiger partial charge in [0.05, 0.1) is 29.0 Å². The van der Waals surface area contributed by atoms with Crippen LogP contribution in [0.15, 0.2) is 70.0 Å². The molecule has 0 aliphatic rings. The van der Waals surface area contributed by atoms with E-state index >= 15 is 0 Å². The first-order valence-corrected chi connectivity index (χ1v) is 14.5. The Morgan fingerprint density at radius 2 is 1.74 bits per heavy atom. The van der Waals surface area contributed by atoms with Crippen molar-refractivity contribution in [1.82, 2.24) is 4.57 Å². The van der Waals surface area contributed by atoms with Gasteiger partial charge in [0, 0.05) is 36.0 Å². The average Bonchev–Trinajstić information content (AvgIpc) is 3.38. The number of nitrogens with one attached hydrogen (secondary N) is 1. The Morgan fingerprint density at radius 1 is 1.02 bits per heavy atom. The van der Waals surface area contributed by atoms with Crippen LogP contribution in [0.1, 0.15) is 11.1 Å². The summed E-state index contributed by atoms with van der Waals surface area (Å²) in [4.78, 5) is 13.2. The van der Waals surface area contributed by atoms with Gasteiger partial charge in [-0.05, 0) is 73.5 Å². The largest absolute Gasteiger partial charge is 0.593 e. The van der Waals surface area contributed by atoms with E-state index in [4.69, 9.17) is 19.0 Å². The van der Waals surface area contributed by atoms with Crippen LogP contribution in [0.2, 0.25) is 0 Å². The molecule has 2 aromatic heterocycles. The summed E-state index contributed by atoms with van der Waals surface area (Å²) in [6.45, 7) is 3.81. The number of rotatable bonds is 9. The fraction of sp³-hybridized carbons (Fsp3) is 0.194. The van der Waals surface area contributed by atoms with Crippen molar-refractivity contribution in [3.63, 3.8) is 0 Å². The summed E-state index contributed by atoms with van der Waals surface area (Å²) < 4.78 is 62.1. The second-order valence-corrected chi connectivity index (χ2v) is 10.9. The predicted molar refractivity (Wildman–Crippen MR) is 159 cm³/mol. The number of aryl methyl sites for hydroxylation is 3. The van der Waals surface area contributed by atoms with Gasteiger partial charge in [-0.1, -0.05) is 0 Å². The van der Waals surface area contributed by atoms with Crippen LogP contribution in [0, 0.1) is 25.5 Å². The number of nitrogens with zero attached hydrogens (tertiary/aromatic N) is 1. The number of aliphatic hydroxyl groups excluding tert-OH is 1. The standard InChI is InChI=1S/C31H28F2N2O6S/c1-17-11-19(12-18(2)29(17)39-10-9-36)28-15-23-30(41-28)24(16-35(3)31(23)37)22-14-21(34-42(4)38)6-8-26(22)40-27-7-5-20(32)13-25(27)33/h5-8,11-16,34,36H,9-10H2,1-4H3. The van der Waals surface area contributed by atoms with Gasteiger partial charge < -0.3 is 28.1 Å². The summed E-state index contributed by atoms with van der Waals surface area (Å²) >= 11 is -1.39. The molecule has 0 saturated heterocycles. The molecule has 0 amide bonds. The van der Waals surface area contributed by atoms with Crippen molar-refractivity contribution >= 4 is 28.0 Å². The monoisotopic (exact) mass is 594 g/mol. The molecule has 0 aliphatic heterocycles. The Hall–Kier alpha value is -4.32. The molecule has 0 bridgehead atoms. The molecular weight excluding hydrogens is 566 g/mol. The third-order valence-electron chi connectivity index (χ3n) is 6.58. The molecule has 1 atom stereocenters. The van der Waals surface area contributed by atoms with E-state index in [0.29, 0.717) is 39.3 Å². The number of aliphatic hydroxyl groups is 1. The van der Waals surface area contributed by atoms with Crippen molar-refractivity contribution in [2.45, 2.75) is 13.8 Å². The first kappa shape index (κ1) is 29.2. The van der Waals surface area contributed by atoms with Gasteiger partial charge >= 0.3 is 0 Å². The zero-order valence-corrected chi connectivity index (χ0v) is 24.1. The zero-order chi connectivity index (χ0) is 30.1. The molecule has 2 N–H and O–H groups in total. The molecule has 5 rings (SSSR count). The second-order valence-electron chi connectivity index (χ2n) is 9.77. The molecule has 218 valence electrons. The summed E-state index contributed by atoms with van der Waals surface area (Å²) in [7, 11) is 1.60. The van der Waals surface area contributed by atoms with Crippen molar-refractivity contribution in [3.8, 4) is 39.7 Å². The molecule has 11 heteroatoms. The molecule has 0 saturated carbocycles. The van der Waals surface area contributed by atoms with E-state index < -0.39 is 23.0 Å². The van der Waals surface area contributed by atoms with Crippen LogP contribution < -0.4 is 19.8 Å². The third-order valence-corrected chi connectivity index (χ3v) is 7.10. The van der Waals surface area contributed by atoms with Crippen LogP contribution in [-0.2, 0) is 18.4 Å². The van der Waals surface area contributed by atoms with Gasteiger partial charge in [-0.25, -0.2) is 13.5 Å². The van der Waals surface area contributed by atoms with E-state index in [2.05, 4.69) is 4.72 Å². The molecule has 42 heavy (non-hydrogen) atoms. The van der Waals surface area contributed by atoms with E-state index in [9.17, 15) is 18.1 Å². The van der Waals surface area contributed by atoms with Crippen LogP contribution in [0.3, 0.4) is 0 Å². The maximum atomic E-state index is 14.5. The summed E-state index contributed by atoms with van der Waals surface area (Å²) in [5.41, 5.74) is 3.70. The van der Waals surface area contributed by atoms with Crippen molar-refractivity contribution in [1.29, 1.82) is 0 Å². The molecular formula is C31H28F2N2O6S.